The average Bonchev–Trinajstić information content (AvgIpc) is 2.42. The highest BCUT2D eigenvalue weighted by Crippen LogP contribution is 2.27. The summed E-state index contributed by atoms with van der Waals surface area (Å²) >= 11 is 0. The summed E-state index contributed by atoms with van der Waals surface area (Å²) in [6.45, 7) is 2.00. The third-order valence-electron chi connectivity index (χ3n) is 3.82. The molecule has 6 N–H and O–H groups in total. The maximum absolute atomic E-state index is 11.8. The number of carbonyl (C=O) groups excluding carboxylic acids is 3. The molecule has 1 aliphatic carbocycles. The molecule has 7 heteroatoms. The van der Waals surface area contributed by atoms with E-state index < -0.39 is 23.9 Å². The van der Waals surface area contributed by atoms with E-state index >= 15 is 0 Å². The fourth-order valence-corrected chi connectivity index (χ4v) is 2.71. The van der Waals surface area contributed by atoms with Crippen LogP contribution in [0.1, 0.15) is 45.4 Å². The monoisotopic (exact) mass is 284 g/mol. The number of nitrogens with two attached hydrogens (primary N) is 2. The van der Waals surface area contributed by atoms with Crippen LogP contribution in [-0.4, -0.2) is 29.9 Å². The number of carbonyl (C=O) groups is 3. The summed E-state index contributed by atoms with van der Waals surface area (Å²) in [7, 11) is 0. The fourth-order valence-electron chi connectivity index (χ4n) is 2.71. The molecule has 0 aromatic rings. The lowest BCUT2D eigenvalue weighted by atomic mass is 9.83. The Morgan fingerprint density at radius 2 is 1.60 bits per heavy atom. The molecule has 1 aliphatic rings. The smallest absolute Gasteiger partial charge is 0.316 e. The zero-order valence-corrected chi connectivity index (χ0v) is 11.9. The summed E-state index contributed by atoms with van der Waals surface area (Å²) in [6.07, 6.45) is 6.58. The first-order chi connectivity index (χ1) is 9.45. The number of nitrogens with one attached hydrogen (secondary N) is 2. The van der Waals surface area contributed by atoms with Crippen molar-refractivity contribution >= 4 is 17.8 Å². The highest BCUT2D eigenvalue weighted by Gasteiger charge is 2.27. The molecule has 0 unspecified atom stereocenters. The number of primary amides is 2. The van der Waals surface area contributed by atoms with Crippen molar-refractivity contribution in [2.24, 2.45) is 17.4 Å². The minimum Gasteiger partial charge on any atom is -0.367 e. The van der Waals surface area contributed by atoms with Crippen molar-refractivity contribution in [3.8, 4) is 0 Å². The lowest BCUT2D eigenvalue weighted by Crippen LogP contribution is -2.56. The van der Waals surface area contributed by atoms with Gasteiger partial charge in [-0.05, 0) is 25.2 Å². The second-order valence-corrected chi connectivity index (χ2v) is 5.27. The molecular formula is C13H24N4O3. The molecule has 4 amide bonds. The van der Waals surface area contributed by atoms with Crippen molar-refractivity contribution in [3.63, 3.8) is 0 Å². The quantitative estimate of drug-likeness (QED) is 0.512. The minimum atomic E-state index is -1.47. The van der Waals surface area contributed by atoms with E-state index in [1.165, 1.54) is 19.3 Å². The van der Waals surface area contributed by atoms with E-state index in [9.17, 15) is 14.4 Å². The van der Waals surface area contributed by atoms with E-state index in [-0.39, 0.29) is 6.04 Å². The predicted molar refractivity (Wildman–Crippen MR) is 74.5 cm³/mol. The van der Waals surface area contributed by atoms with E-state index in [1.807, 2.05) is 6.92 Å². The zero-order valence-electron chi connectivity index (χ0n) is 11.9. The Labute approximate surface area is 118 Å². The maximum atomic E-state index is 11.8. The summed E-state index contributed by atoms with van der Waals surface area (Å²) in [4.78, 5) is 33.9. The first kappa shape index (κ1) is 16.3. The molecule has 1 atom stereocenters. The van der Waals surface area contributed by atoms with Gasteiger partial charge in [0.25, 0.3) is 0 Å². The molecule has 0 aromatic heterocycles. The van der Waals surface area contributed by atoms with Crippen molar-refractivity contribution in [2.45, 2.75) is 57.5 Å². The lowest BCUT2D eigenvalue weighted by Gasteiger charge is -2.30. The molecule has 1 rings (SSSR count). The Morgan fingerprint density at radius 3 is 2.05 bits per heavy atom. The number of hydrogen-bond donors (Lipinski definition) is 4. The van der Waals surface area contributed by atoms with Gasteiger partial charge in [0.15, 0.2) is 6.04 Å². The van der Waals surface area contributed by atoms with Gasteiger partial charge in [0.2, 0.25) is 11.8 Å². The number of rotatable bonds is 6. The van der Waals surface area contributed by atoms with Crippen LogP contribution in [0.25, 0.3) is 0 Å². The first-order valence-corrected chi connectivity index (χ1v) is 7.11. The van der Waals surface area contributed by atoms with Gasteiger partial charge in [0.1, 0.15) is 0 Å². The van der Waals surface area contributed by atoms with Crippen LogP contribution >= 0.6 is 0 Å². The third kappa shape index (κ3) is 4.71. The van der Waals surface area contributed by atoms with Crippen LogP contribution in [-0.2, 0) is 9.59 Å². The predicted octanol–water partition coefficient (Wildman–Crippen LogP) is -0.0163. The van der Waals surface area contributed by atoms with E-state index in [2.05, 4.69) is 10.6 Å². The SMILES string of the molecule is CC[C@H](NC(=O)NC(C(N)=O)C(N)=O)C1CCCCC1. The molecule has 0 aliphatic heterocycles. The first-order valence-electron chi connectivity index (χ1n) is 7.11. The molecule has 0 bridgehead atoms. The molecule has 0 spiro atoms. The fraction of sp³-hybridized carbons (Fsp3) is 0.769. The Bertz CT molecular complexity index is 353. The number of urea groups is 1. The van der Waals surface area contributed by atoms with Crippen LogP contribution in [0.2, 0.25) is 0 Å². The Balaban J connectivity index is 2.53. The van der Waals surface area contributed by atoms with Gasteiger partial charge in [-0.3, -0.25) is 9.59 Å². The van der Waals surface area contributed by atoms with E-state index in [4.69, 9.17) is 11.5 Å². The zero-order chi connectivity index (χ0) is 15.1. The van der Waals surface area contributed by atoms with Gasteiger partial charge in [-0.15, -0.1) is 0 Å². The van der Waals surface area contributed by atoms with Gasteiger partial charge >= 0.3 is 6.03 Å². The minimum absolute atomic E-state index is 0.0386. The molecule has 20 heavy (non-hydrogen) atoms. The topological polar surface area (TPSA) is 127 Å². The van der Waals surface area contributed by atoms with Crippen molar-refractivity contribution < 1.29 is 14.4 Å². The van der Waals surface area contributed by atoms with E-state index in [0.717, 1.165) is 19.3 Å². The molecule has 0 heterocycles. The molecular weight excluding hydrogens is 260 g/mol. The lowest BCUT2D eigenvalue weighted by molar-refractivity contribution is -0.128. The van der Waals surface area contributed by atoms with Crippen LogP contribution in [0.5, 0.6) is 0 Å². The third-order valence-corrected chi connectivity index (χ3v) is 3.82. The van der Waals surface area contributed by atoms with Crippen LogP contribution in [0.15, 0.2) is 0 Å². The maximum Gasteiger partial charge on any atom is 0.316 e. The summed E-state index contributed by atoms with van der Waals surface area (Å²) < 4.78 is 0. The van der Waals surface area contributed by atoms with Crippen molar-refractivity contribution in [1.29, 1.82) is 0 Å². The van der Waals surface area contributed by atoms with Crippen LogP contribution in [0, 0.1) is 5.92 Å². The van der Waals surface area contributed by atoms with Crippen molar-refractivity contribution in [2.75, 3.05) is 0 Å². The second kappa shape index (κ2) is 7.72. The summed E-state index contributed by atoms with van der Waals surface area (Å²) in [6, 6.07) is -2.01. The van der Waals surface area contributed by atoms with Gasteiger partial charge in [-0.25, -0.2) is 4.79 Å². The van der Waals surface area contributed by atoms with Gasteiger partial charge in [-0.2, -0.15) is 0 Å². The highest BCUT2D eigenvalue weighted by atomic mass is 16.2. The molecule has 0 saturated heterocycles. The molecule has 1 saturated carbocycles. The number of hydrogen-bond acceptors (Lipinski definition) is 3. The molecule has 0 radical (unpaired) electrons. The largest absolute Gasteiger partial charge is 0.367 e. The standard InChI is InChI=1S/C13H24N4O3/c1-2-9(8-6-4-3-5-7-8)16-13(20)17-10(11(14)18)12(15)19/h8-10H,2-7H2,1H3,(H2,14,18)(H2,15,19)(H2,16,17,20)/t9-/m0/s1. The van der Waals surface area contributed by atoms with Gasteiger partial charge in [-0.1, -0.05) is 26.2 Å². The average molecular weight is 284 g/mol. The Hall–Kier alpha value is -1.79. The molecule has 0 aromatic carbocycles. The second-order valence-electron chi connectivity index (χ2n) is 5.27. The summed E-state index contributed by atoms with van der Waals surface area (Å²) in [5, 5.41) is 5.03. The van der Waals surface area contributed by atoms with E-state index in [1.54, 1.807) is 0 Å². The Morgan fingerprint density at radius 1 is 1.05 bits per heavy atom. The van der Waals surface area contributed by atoms with Crippen LogP contribution in [0.3, 0.4) is 0 Å². The van der Waals surface area contributed by atoms with Crippen LogP contribution in [0.4, 0.5) is 4.79 Å². The molecule has 1 fully saturated rings. The van der Waals surface area contributed by atoms with Gasteiger partial charge in [0, 0.05) is 6.04 Å². The highest BCUT2D eigenvalue weighted by molar-refractivity contribution is 6.05. The van der Waals surface area contributed by atoms with Crippen LogP contribution < -0.4 is 22.1 Å². The van der Waals surface area contributed by atoms with Crippen molar-refractivity contribution in [3.05, 3.63) is 0 Å². The molecule has 114 valence electrons. The Kier molecular flexibility index (Phi) is 6.27. The number of amides is 4. The van der Waals surface area contributed by atoms with E-state index in [0.29, 0.717) is 5.92 Å². The summed E-state index contributed by atoms with van der Waals surface area (Å²) in [5.41, 5.74) is 10.0. The van der Waals surface area contributed by atoms with Gasteiger partial charge in [0.05, 0.1) is 0 Å². The normalized spacial score (nSPS) is 17.5. The molecule has 7 nitrogen and oxygen atoms in total. The van der Waals surface area contributed by atoms with Gasteiger partial charge < -0.3 is 22.1 Å². The van der Waals surface area contributed by atoms with Crippen molar-refractivity contribution in [1.82, 2.24) is 10.6 Å². The summed E-state index contributed by atoms with van der Waals surface area (Å²) in [5.74, 6) is -1.48.